The zero-order chi connectivity index (χ0) is 12.7. The predicted molar refractivity (Wildman–Crippen MR) is 75.9 cm³/mol. The van der Waals surface area contributed by atoms with E-state index in [2.05, 4.69) is 47.8 Å². The second-order valence-corrected chi connectivity index (χ2v) is 5.85. The van der Waals surface area contributed by atoms with Crippen molar-refractivity contribution in [2.24, 2.45) is 5.92 Å². The van der Waals surface area contributed by atoms with Gasteiger partial charge in [-0.25, -0.2) is 0 Å². The van der Waals surface area contributed by atoms with Crippen LogP contribution in [-0.4, -0.2) is 16.4 Å². The molecule has 1 atom stereocenters. The van der Waals surface area contributed by atoms with Gasteiger partial charge < -0.3 is 4.74 Å². The number of aryl methyl sites for hydroxylation is 1. The van der Waals surface area contributed by atoms with Crippen molar-refractivity contribution in [2.45, 2.75) is 44.9 Å². The SMILES string of the molecule is CCCOc1cncc(CCC(Br)C(C)C)c1. The number of alkyl halides is 1. The van der Waals surface area contributed by atoms with Crippen molar-refractivity contribution < 1.29 is 4.74 Å². The van der Waals surface area contributed by atoms with Gasteiger partial charge in [0.15, 0.2) is 0 Å². The average molecular weight is 300 g/mol. The summed E-state index contributed by atoms with van der Waals surface area (Å²) >= 11 is 3.71. The van der Waals surface area contributed by atoms with E-state index in [1.165, 1.54) is 5.56 Å². The molecule has 0 N–H and O–H groups in total. The molecule has 1 aromatic rings. The molecule has 0 saturated carbocycles. The molecular weight excluding hydrogens is 278 g/mol. The van der Waals surface area contributed by atoms with Crippen LogP contribution in [0, 0.1) is 5.92 Å². The van der Waals surface area contributed by atoms with E-state index in [0.717, 1.165) is 31.6 Å². The van der Waals surface area contributed by atoms with Crippen LogP contribution in [0.1, 0.15) is 39.2 Å². The topological polar surface area (TPSA) is 22.1 Å². The zero-order valence-corrected chi connectivity index (χ0v) is 12.5. The van der Waals surface area contributed by atoms with Gasteiger partial charge in [0.25, 0.3) is 0 Å². The minimum absolute atomic E-state index is 0.572. The highest BCUT2D eigenvalue weighted by molar-refractivity contribution is 9.09. The normalized spacial score (nSPS) is 12.8. The van der Waals surface area contributed by atoms with Crippen LogP contribution < -0.4 is 4.74 Å². The van der Waals surface area contributed by atoms with Gasteiger partial charge in [0.1, 0.15) is 5.75 Å². The predicted octanol–water partition coefficient (Wildman–Crippen LogP) is 4.22. The molecule has 0 aliphatic heterocycles. The van der Waals surface area contributed by atoms with Crippen LogP contribution in [0.5, 0.6) is 5.75 Å². The molecule has 0 radical (unpaired) electrons. The Morgan fingerprint density at radius 2 is 2.12 bits per heavy atom. The highest BCUT2D eigenvalue weighted by Crippen LogP contribution is 2.20. The Balaban J connectivity index is 2.48. The monoisotopic (exact) mass is 299 g/mol. The molecule has 17 heavy (non-hydrogen) atoms. The molecule has 1 rings (SSSR count). The summed E-state index contributed by atoms with van der Waals surface area (Å²) in [4.78, 5) is 4.79. The molecule has 2 nitrogen and oxygen atoms in total. The molecule has 0 aliphatic carbocycles. The molecule has 0 bridgehead atoms. The van der Waals surface area contributed by atoms with Gasteiger partial charge in [-0.15, -0.1) is 0 Å². The molecule has 3 heteroatoms. The van der Waals surface area contributed by atoms with Crippen LogP contribution in [0.2, 0.25) is 0 Å². The fourth-order valence-electron chi connectivity index (χ4n) is 1.54. The van der Waals surface area contributed by atoms with E-state index in [9.17, 15) is 0 Å². The van der Waals surface area contributed by atoms with E-state index in [1.807, 2.05) is 6.20 Å². The van der Waals surface area contributed by atoms with Gasteiger partial charge in [0.05, 0.1) is 12.8 Å². The Morgan fingerprint density at radius 3 is 2.76 bits per heavy atom. The summed E-state index contributed by atoms with van der Waals surface area (Å²) < 4.78 is 5.58. The number of hydrogen-bond donors (Lipinski definition) is 0. The maximum absolute atomic E-state index is 5.58. The number of aromatic nitrogens is 1. The number of nitrogens with zero attached hydrogens (tertiary/aromatic N) is 1. The molecule has 1 heterocycles. The fraction of sp³-hybridized carbons (Fsp3) is 0.643. The molecule has 0 fully saturated rings. The molecule has 0 spiro atoms. The van der Waals surface area contributed by atoms with Crippen molar-refractivity contribution in [1.29, 1.82) is 0 Å². The van der Waals surface area contributed by atoms with E-state index in [-0.39, 0.29) is 0 Å². The highest BCUT2D eigenvalue weighted by atomic mass is 79.9. The number of halogens is 1. The first kappa shape index (κ1) is 14.5. The van der Waals surface area contributed by atoms with Crippen molar-refractivity contribution in [2.75, 3.05) is 6.61 Å². The third kappa shape index (κ3) is 5.53. The van der Waals surface area contributed by atoms with Crippen LogP contribution in [0.4, 0.5) is 0 Å². The molecule has 1 aromatic heterocycles. The number of hydrogen-bond acceptors (Lipinski definition) is 2. The Morgan fingerprint density at radius 1 is 1.35 bits per heavy atom. The molecular formula is C14H22BrNO. The second kappa shape index (κ2) is 7.70. The number of rotatable bonds is 7. The molecule has 96 valence electrons. The van der Waals surface area contributed by atoms with Crippen LogP contribution in [-0.2, 0) is 6.42 Å². The van der Waals surface area contributed by atoms with Gasteiger partial charge in [-0.3, -0.25) is 4.98 Å². The Bertz CT molecular complexity index is 328. The number of ether oxygens (including phenoxy) is 1. The second-order valence-electron chi connectivity index (χ2n) is 4.68. The summed E-state index contributed by atoms with van der Waals surface area (Å²) in [5.41, 5.74) is 1.25. The molecule has 0 aromatic carbocycles. The maximum Gasteiger partial charge on any atom is 0.137 e. The molecule has 0 amide bonds. The zero-order valence-electron chi connectivity index (χ0n) is 10.9. The van der Waals surface area contributed by atoms with Gasteiger partial charge in [0.2, 0.25) is 0 Å². The minimum Gasteiger partial charge on any atom is -0.492 e. The number of pyridine rings is 1. The quantitative estimate of drug-likeness (QED) is 0.703. The standard InChI is InChI=1S/C14H22BrNO/c1-4-7-17-13-8-12(9-16-10-13)5-6-14(15)11(2)3/h8-11,14H,4-7H2,1-3H3. The fourth-order valence-corrected chi connectivity index (χ4v) is 1.77. The van der Waals surface area contributed by atoms with Gasteiger partial charge in [0, 0.05) is 11.0 Å². The first-order chi connectivity index (χ1) is 8.13. The summed E-state index contributed by atoms with van der Waals surface area (Å²) in [6.07, 6.45) is 6.92. The molecule has 0 saturated heterocycles. The van der Waals surface area contributed by atoms with Crippen molar-refractivity contribution in [3.05, 3.63) is 24.0 Å². The first-order valence-corrected chi connectivity index (χ1v) is 7.25. The van der Waals surface area contributed by atoms with Gasteiger partial charge in [-0.05, 0) is 36.8 Å². The van der Waals surface area contributed by atoms with E-state index in [4.69, 9.17) is 4.74 Å². The Kier molecular flexibility index (Phi) is 6.56. The van der Waals surface area contributed by atoms with Gasteiger partial charge in [-0.2, -0.15) is 0 Å². The summed E-state index contributed by atoms with van der Waals surface area (Å²) in [6.45, 7) is 7.34. The largest absolute Gasteiger partial charge is 0.492 e. The molecule has 1 unspecified atom stereocenters. The highest BCUT2D eigenvalue weighted by Gasteiger charge is 2.09. The van der Waals surface area contributed by atoms with Crippen molar-refractivity contribution in [3.8, 4) is 5.75 Å². The average Bonchev–Trinajstić information content (AvgIpc) is 2.33. The van der Waals surface area contributed by atoms with Crippen molar-refractivity contribution in [1.82, 2.24) is 4.98 Å². The van der Waals surface area contributed by atoms with Crippen LogP contribution in [0.3, 0.4) is 0 Å². The van der Waals surface area contributed by atoms with Crippen molar-refractivity contribution in [3.63, 3.8) is 0 Å². The summed E-state index contributed by atoms with van der Waals surface area (Å²) in [5, 5.41) is 0. The lowest BCUT2D eigenvalue weighted by Gasteiger charge is -2.13. The third-order valence-corrected chi connectivity index (χ3v) is 4.19. The van der Waals surface area contributed by atoms with Crippen LogP contribution >= 0.6 is 15.9 Å². The third-order valence-electron chi connectivity index (χ3n) is 2.67. The van der Waals surface area contributed by atoms with Crippen LogP contribution in [0.25, 0.3) is 0 Å². The first-order valence-electron chi connectivity index (χ1n) is 6.34. The minimum atomic E-state index is 0.572. The smallest absolute Gasteiger partial charge is 0.137 e. The van der Waals surface area contributed by atoms with Crippen LogP contribution in [0.15, 0.2) is 18.5 Å². The van der Waals surface area contributed by atoms with E-state index in [1.54, 1.807) is 6.20 Å². The van der Waals surface area contributed by atoms with E-state index in [0.29, 0.717) is 10.7 Å². The molecule has 0 aliphatic rings. The Labute approximate surface area is 113 Å². The van der Waals surface area contributed by atoms with Crippen molar-refractivity contribution >= 4 is 15.9 Å². The summed E-state index contributed by atoms with van der Waals surface area (Å²) in [5.74, 6) is 1.56. The summed E-state index contributed by atoms with van der Waals surface area (Å²) in [7, 11) is 0. The van der Waals surface area contributed by atoms with E-state index < -0.39 is 0 Å². The van der Waals surface area contributed by atoms with E-state index >= 15 is 0 Å². The van der Waals surface area contributed by atoms with Gasteiger partial charge in [-0.1, -0.05) is 36.7 Å². The maximum atomic E-state index is 5.58. The lowest BCUT2D eigenvalue weighted by atomic mass is 10.0. The van der Waals surface area contributed by atoms with Gasteiger partial charge >= 0.3 is 0 Å². The Hall–Kier alpha value is -0.570. The lowest BCUT2D eigenvalue weighted by Crippen LogP contribution is -2.08. The summed E-state index contributed by atoms with van der Waals surface area (Å²) in [6, 6.07) is 2.10. The lowest BCUT2D eigenvalue weighted by molar-refractivity contribution is 0.316.